The predicted octanol–water partition coefficient (Wildman–Crippen LogP) is 12.3. The summed E-state index contributed by atoms with van der Waals surface area (Å²) in [5.74, 6) is -9.29. The maximum atomic E-state index is 14.8. The van der Waals surface area contributed by atoms with Crippen molar-refractivity contribution in [3.8, 4) is 22.3 Å². The SMILES string of the molecule is Fc1cc(-c2c3ccccc3c(-c3ccc4ccc5c(C(F)(F)C(F)(F)F)ccc6ccc3c4c65)c3ccccc23)cc(F)c1F. The molecule has 8 aromatic rings. The first-order valence-corrected chi connectivity index (χ1v) is 14.2. The molecule has 0 nitrogen and oxygen atoms in total. The van der Waals surface area contributed by atoms with Gasteiger partial charge < -0.3 is 0 Å². The van der Waals surface area contributed by atoms with Gasteiger partial charge in [-0.2, -0.15) is 22.0 Å². The molecule has 0 heterocycles. The summed E-state index contributed by atoms with van der Waals surface area (Å²) in [4.78, 5) is 0. The molecule has 8 heteroatoms. The molecular weight excluding hydrogens is 608 g/mol. The summed E-state index contributed by atoms with van der Waals surface area (Å²) in [6.07, 6.45) is -5.78. The fourth-order valence-electron chi connectivity index (χ4n) is 6.87. The van der Waals surface area contributed by atoms with E-state index in [4.69, 9.17) is 0 Å². The summed E-state index contributed by atoms with van der Waals surface area (Å²) in [6.45, 7) is 0. The Morgan fingerprint density at radius 1 is 0.435 bits per heavy atom. The number of hydrogen-bond acceptors (Lipinski definition) is 0. The molecule has 0 saturated carbocycles. The molecule has 0 aromatic heterocycles. The van der Waals surface area contributed by atoms with E-state index < -0.39 is 35.1 Å². The Morgan fingerprint density at radius 2 is 0.891 bits per heavy atom. The van der Waals surface area contributed by atoms with Crippen molar-refractivity contribution < 1.29 is 35.1 Å². The molecule has 0 unspecified atom stereocenters. The molecular formula is C38H18F8. The van der Waals surface area contributed by atoms with Gasteiger partial charge in [0.1, 0.15) is 0 Å². The van der Waals surface area contributed by atoms with Gasteiger partial charge in [-0.05, 0) is 88.2 Å². The van der Waals surface area contributed by atoms with Crippen LogP contribution in [0.3, 0.4) is 0 Å². The third-order valence-corrected chi connectivity index (χ3v) is 8.83. The molecule has 8 rings (SSSR count). The lowest BCUT2D eigenvalue weighted by molar-refractivity contribution is -0.288. The van der Waals surface area contributed by atoms with Crippen molar-refractivity contribution >= 4 is 53.9 Å². The third-order valence-electron chi connectivity index (χ3n) is 8.83. The zero-order valence-electron chi connectivity index (χ0n) is 23.4. The number of rotatable bonds is 3. The number of benzene rings is 8. The Labute approximate surface area is 255 Å². The van der Waals surface area contributed by atoms with Crippen LogP contribution in [0.25, 0.3) is 76.1 Å². The highest BCUT2D eigenvalue weighted by atomic mass is 19.4. The fourth-order valence-corrected chi connectivity index (χ4v) is 6.87. The van der Waals surface area contributed by atoms with Gasteiger partial charge in [0.2, 0.25) is 0 Å². The van der Waals surface area contributed by atoms with Crippen molar-refractivity contribution in [2.24, 2.45) is 0 Å². The Hall–Kier alpha value is -5.24. The molecule has 226 valence electrons. The fraction of sp³-hybridized carbons (Fsp3) is 0.0526. The molecule has 0 radical (unpaired) electrons. The second kappa shape index (κ2) is 9.63. The van der Waals surface area contributed by atoms with Crippen LogP contribution in [0, 0.1) is 17.5 Å². The molecule has 0 bridgehead atoms. The van der Waals surface area contributed by atoms with Gasteiger partial charge in [0, 0.05) is 5.56 Å². The van der Waals surface area contributed by atoms with Gasteiger partial charge >= 0.3 is 12.1 Å². The van der Waals surface area contributed by atoms with E-state index in [1.165, 1.54) is 12.1 Å². The number of fused-ring (bicyclic) bond motifs is 2. The molecule has 0 amide bonds. The van der Waals surface area contributed by atoms with Crippen LogP contribution in [0.5, 0.6) is 0 Å². The van der Waals surface area contributed by atoms with Crippen molar-refractivity contribution in [2.45, 2.75) is 12.1 Å². The standard InChI is InChI=1S/C38H18F8/c39-30-17-21(18-31(40)36(30)41)32-22-5-1-3-7-24(22)35(25-8-4-2-6-23(25)32)27-14-10-19-11-15-28-29(37(42,43)38(44,45)46)16-12-20-9-13-26(27)33(19)34(20)28/h1-18H. The minimum Gasteiger partial charge on any atom is -0.204 e. The summed E-state index contributed by atoms with van der Waals surface area (Å²) in [5, 5.41) is 5.07. The van der Waals surface area contributed by atoms with Crippen LogP contribution in [0.4, 0.5) is 35.1 Å². The summed E-state index contributed by atoms with van der Waals surface area (Å²) in [6, 6.07) is 28.5. The number of hydrogen-bond donors (Lipinski definition) is 0. The lowest BCUT2D eigenvalue weighted by Gasteiger charge is -2.23. The van der Waals surface area contributed by atoms with Gasteiger partial charge in [0.05, 0.1) is 0 Å². The van der Waals surface area contributed by atoms with Crippen LogP contribution in [-0.4, -0.2) is 6.18 Å². The van der Waals surface area contributed by atoms with Gasteiger partial charge in [-0.1, -0.05) is 97.1 Å². The Bertz CT molecular complexity index is 2450. The van der Waals surface area contributed by atoms with Crippen molar-refractivity contribution in [1.29, 1.82) is 0 Å². The molecule has 46 heavy (non-hydrogen) atoms. The molecule has 0 aliphatic heterocycles. The van der Waals surface area contributed by atoms with E-state index in [0.29, 0.717) is 59.6 Å². The molecule has 0 spiro atoms. The molecule has 0 atom stereocenters. The molecule has 0 fully saturated rings. The van der Waals surface area contributed by atoms with Crippen LogP contribution in [-0.2, 0) is 5.92 Å². The quantitative estimate of drug-likeness (QED) is 0.0792. The molecule has 0 aliphatic carbocycles. The largest absolute Gasteiger partial charge is 0.458 e. The smallest absolute Gasteiger partial charge is 0.204 e. The second-order valence-corrected chi connectivity index (χ2v) is 11.3. The van der Waals surface area contributed by atoms with Crippen LogP contribution < -0.4 is 0 Å². The first-order valence-electron chi connectivity index (χ1n) is 14.2. The highest BCUT2D eigenvalue weighted by Gasteiger charge is 2.59. The Kier molecular flexibility index (Phi) is 5.91. The number of alkyl halides is 5. The van der Waals surface area contributed by atoms with Gasteiger partial charge in [-0.25, -0.2) is 13.2 Å². The summed E-state index contributed by atoms with van der Waals surface area (Å²) in [5.41, 5.74) is 0.932. The van der Waals surface area contributed by atoms with E-state index in [9.17, 15) is 35.1 Å². The average Bonchev–Trinajstić information content (AvgIpc) is 3.04. The van der Waals surface area contributed by atoms with Crippen LogP contribution >= 0.6 is 0 Å². The molecule has 0 N–H and O–H groups in total. The molecule has 0 saturated heterocycles. The van der Waals surface area contributed by atoms with E-state index in [1.54, 1.807) is 54.6 Å². The highest BCUT2D eigenvalue weighted by Crippen LogP contribution is 2.50. The summed E-state index contributed by atoms with van der Waals surface area (Å²) < 4.78 is 113. The predicted molar refractivity (Wildman–Crippen MR) is 166 cm³/mol. The summed E-state index contributed by atoms with van der Waals surface area (Å²) >= 11 is 0. The number of halogens is 8. The highest BCUT2D eigenvalue weighted by molar-refractivity contribution is 6.29. The van der Waals surface area contributed by atoms with E-state index in [2.05, 4.69) is 0 Å². The average molecular weight is 627 g/mol. The zero-order chi connectivity index (χ0) is 32.1. The lowest BCUT2D eigenvalue weighted by Crippen LogP contribution is -2.33. The van der Waals surface area contributed by atoms with Gasteiger partial charge in [0.25, 0.3) is 0 Å². The first kappa shape index (κ1) is 28.2. The molecule has 8 aromatic carbocycles. The summed E-state index contributed by atoms with van der Waals surface area (Å²) in [7, 11) is 0. The normalized spacial score (nSPS) is 12.8. The van der Waals surface area contributed by atoms with E-state index in [0.717, 1.165) is 23.8 Å². The van der Waals surface area contributed by atoms with E-state index >= 15 is 0 Å². The van der Waals surface area contributed by atoms with Crippen LogP contribution in [0.1, 0.15) is 5.56 Å². The minimum absolute atomic E-state index is 0.142. The van der Waals surface area contributed by atoms with E-state index in [-0.39, 0.29) is 10.9 Å². The van der Waals surface area contributed by atoms with Gasteiger partial charge in [0.15, 0.2) is 17.5 Å². The first-order chi connectivity index (χ1) is 22.0. The Morgan fingerprint density at radius 3 is 1.43 bits per heavy atom. The van der Waals surface area contributed by atoms with Crippen molar-refractivity contribution in [1.82, 2.24) is 0 Å². The van der Waals surface area contributed by atoms with Crippen molar-refractivity contribution in [2.75, 3.05) is 0 Å². The van der Waals surface area contributed by atoms with Crippen LogP contribution in [0.2, 0.25) is 0 Å². The maximum Gasteiger partial charge on any atom is 0.458 e. The minimum atomic E-state index is -5.78. The lowest BCUT2D eigenvalue weighted by atomic mass is 9.83. The van der Waals surface area contributed by atoms with E-state index in [1.807, 2.05) is 24.3 Å². The topological polar surface area (TPSA) is 0 Å². The maximum absolute atomic E-state index is 14.8. The zero-order valence-corrected chi connectivity index (χ0v) is 23.4. The third kappa shape index (κ3) is 3.85. The van der Waals surface area contributed by atoms with Crippen molar-refractivity contribution in [3.63, 3.8) is 0 Å². The van der Waals surface area contributed by atoms with Gasteiger partial charge in [-0.3, -0.25) is 0 Å². The Balaban J connectivity index is 1.50. The van der Waals surface area contributed by atoms with Crippen LogP contribution in [0.15, 0.2) is 109 Å². The monoisotopic (exact) mass is 626 g/mol. The molecule has 0 aliphatic rings. The second-order valence-electron chi connectivity index (χ2n) is 11.3. The van der Waals surface area contributed by atoms with Gasteiger partial charge in [-0.15, -0.1) is 0 Å². The van der Waals surface area contributed by atoms with Crippen molar-refractivity contribution in [3.05, 3.63) is 132 Å².